The highest BCUT2D eigenvalue weighted by Crippen LogP contribution is 2.09. The Balaban J connectivity index is 1.79. The second-order valence-corrected chi connectivity index (χ2v) is 7.20. The highest BCUT2D eigenvalue weighted by Gasteiger charge is 2.26. The molecule has 0 bridgehead atoms. The number of piperazine rings is 1. The highest BCUT2D eigenvalue weighted by molar-refractivity contribution is 7.89. The molecule has 1 N–H and O–H groups in total. The Morgan fingerprint density at radius 1 is 1.38 bits per heavy atom. The molecule has 0 aromatic carbocycles. The third kappa shape index (κ3) is 4.26. The summed E-state index contributed by atoms with van der Waals surface area (Å²) >= 11 is 0. The number of hydrogen-bond acceptors (Lipinski definition) is 6. The van der Waals surface area contributed by atoms with Crippen molar-refractivity contribution in [3.63, 3.8) is 0 Å². The summed E-state index contributed by atoms with van der Waals surface area (Å²) in [5.74, 6) is 0.947. The number of anilines is 1. The Labute approximate surface area is 124 Å². The molecule has 1 fully saturated rings. The second-order valence-electron chi connectivity index (χ2n) is 4.95. The van der Waals surface area contributed by atoms with E-state index in [4.69, 9.17) is 4.52 Å². The van der Waals surface area contributed by atoms with E-state index in [1.54, 1.807) is 19.9 Å². The van der Waals surface area contributed by atoms with Crippen LogP contribution >= 0.6 is 0 Å². The maximum atomic E-state index is 11.9. The highest BCUT2D eigenvalue weighted by atomic mass is 32.2. The number of sulfonamides is 1. The average Bonchev–Trinajstić information content (AvgIpc) is 2.84. The quantitative estimate of drug-likeness (QED) is 0.814. The van der Waals surface area contributed by atoms with E-state index < -0.39 is 10.0 Å². The van der Waals surface area contributed by atoms with Crippen LogP contribution in [0.4, 0.5) is 5.82 Å². The van der Waals surface area contributed by atoms with Crippen molar-refractivity contribution in [3.8, 4) is 0 Å². The minimum absolute atomic E-state index is 0.110. The first-order chi connectivity index (χ1) is 9.90. The van der Waals surface area contributed by atoms with Gasteiger partial charge in [0, 0.05) is 32.2 Å². The minimum atomic E-state index is -3.14. The van der Waals surface area contributed by atoms with Gasteiger partial charge in [-0.05, 0) is 13.8 Å². The predicted octanol–water partition coefficient (Wildman–Crippen LogP) is -0.111. The molecule has 8 nitrogen and oxygen atoms in total. The average molecular weight is 316 g/mol. The first kappa shape index (κ1) is 15.9. The van der Waals surface area contributed by atoms with Crippen molar-refractivity contribution in [2.24, 2.45) is 0 Å². The van der Waals surface area contributed by atoms with E-state index in [1.165, 1.54) is 4.31 Å². The molecule has 1 amide bonds. The molecule has 0 atom stereocenters. The number of rotatable bonds is 5. The van der Waals surface area contributed by atoms with E-state index in [1.807, 2.05) is 4.90 Å². The van der Waals surface area contributed by atoms with E-state index in [9.17, 15) is 13.2 Å². The van der Waals surface area contributed by atoms with Crippen LogP contribution in [0.3, 0.4) is 0 Å². The second kappa shape index (κ2) is 6.54. The number of hydrogen-bond donors (Lipinski definition) is 1. The van der Waals surface area contributed by atoms with Crippen LogP contribution in [0.15, 0.2) is 10.6 Å². The van der Waals surface area contributed by atoms with Crippen LogP contribution in [0.25, 0.3) is 0 Å². The molecule has 2 heterocycles. The molecule has 118 valence electrons. The van der Waals surface area contributed by atoms with E-state index in [2.05, 4.69) is 10.5 Å². The molecule has 0 aliphatic carbocycles. The lowest BCUT2D eigenvalue weighted by molar-refractivity contribution is -0.117. The van der Waals surface area contributed by atoms with Crippen LogP contribution in [0.5, 0.6) is 0 Å². The molecule has 0 radical (unpaired) electrons. The van der Waals surface area contributed by atoms with E-state index >= 15 is 0 Å². The standard InChI is InChI=1S/C12H20N4O4S/c1-3-21(18,19)16-6-4-15(5-7-16)9-12(17)13-11-8-10(2)20-14-11/h8H,3-7,9H2,1-2H3,(H,13,14,17). The number of aromatic nitrogens is 1. The van der Waals surface area contributed by atoms with Gasteiger partial charge in [-0.2, -0.15) is 4.31 Å². The van der Waals surface area contributed by atoms with Gasteiger partial charge in [-0.3, -0.25) is 9.69 Å². The first-order valence-corrected chi connectivity index (χ1v) is 8.45. The van der Waals surface area contributed by atoms with E-state index in [-0.39, 0.29) is 18.2 Å². The summed E-state index contributed by atoms with van der Waals surface area (Å²) in [6.07, 6.45) is 0. The van der Waals surface area contributed by atoms with Crippen molar-refractivity contribution in [3.05, 3.63) is 11.8 Å². The van der Waals surface area contributed by atoms with Gasteiger partial charge in [-0.25, -0.2) is 8.42 Å². The molecule has 1 aliphatic rings. The van der Waals surface area contributed by atoms with Gasteiger partial charge in [0.15, 0.2) is 5.82 Å². The molecule has 0 spiro atoms. The molecule has 1 saturated heterocycles. The number of carbonyl (C=O) groups excluding carboxylic acids is 1. The zero-order chi connectivity index (χ0) is 15.5. The fraction of sp³-hybridized carbons (Fsp3) is 0.667. The number of aryl methyl sites for hydroxylation is 1. The van der Waals surface area contributed by atoms with Gasteiger partial charge in [-0.1, -0.05) is 5.16 Å². The fourth-order valence-electron chi connectivity index (χ4n) is 2.16. The van der Waals surface area contributed by atoms with Gasteiger partial charge in [0.1, 0.15) is 5.76 Å². The largest absolute Gasteiger partial charge is 0.360 e. The Kier molecular flexibility index (Phi) is 4.96. The maximum absolute atomic E-state index is 11.9. The lowest BCUT2D eigenvalue weighted by Gasteiger charge is -2.33. The summed E-state index contributed by atoms with van der Waals surface area (Å²) < 4.78 is 29.8. The van der Waals surface area contributed by atoms with E-state index in [0.29, 0.717) is 37.8 Å². The van der Waals surface area contributed by atoms with Gasteiger partial charge in [0.05, 0.1) is 12.3 Å². The maximum Gasteiger partial charge on any atom is 0.239 e. The Hall–Kier alpha value is -1.45. The third-order valence-corrected chi connectivity index (χ3v) is 5.23. The van der Waals surface area contributed by atoms with Crippen molar-refractivity contribution >= 4 is 21.7 Å². The summed E-state index contributed by atoms with van der Waals surface area (Å²) in [4.78, 5) is 13.8. The number of carbonyl (C=O) groups is 1. The molecule has 1 aliphatic heterocycles. The summed E-state index contributed by atoms with van der Waals surface area (Å²) in [5, 5.41) is 6.34. The number of nitrogens with zero attached hydrogens (tertiary/aromatic N) is 3. The van der Waals surface area contributed by atoms with Crippen molar-refractivity contribution in [1.29, 1.82) is 0 Å². The van der Waals surface area contributed by atoms with Gasteiger partial charge < -0.3 is 9.84 Å². The van der Waals surface area contributed by atoms with Crippen molar-refractivity contribution < 1.29 is 17.7 Å². The first-order valence-electron chi connectivity index (χ1n) is 6.84. The Morgan fingerprint density at radius 2 is 2.05 bits per heavy atom. The molecule has 0 saturated carbocycles. The molecule has 1 aromatic heterocycles. The number of amides is 1. The van der Waals surface area contributed by atoms with Crippen LogP contribution in [-0.4, -0.2) is 67.2 Å². The van der Waals surface area contributed by atoms with Gasteiger partial charge >= 0.3 is 0 Å². The topological polar surface area (TPSA) is 95.8 Å². The van der Waals surface area contributed by atoms with Crippen LogP contribution < -0.4 is 5.32 Å². The molecular formula is C12H20N4O4S. The summed E-state index contributed by atoms with van der Waals surface area (Å²) in [6, 6.07) is 1.64. The Morgan fingerprint density at radius 3 is 2.57 bits per heavy atom. The van der Waals surface area contributed by atoms with Crippen molar-refractivity contribution in [1.82, 2.24) is 14.4 Å². The lowest BCUT2D eigenvalue weighted by atomic mass is 10.3. The Bertz CT molecular complexity index is 590. The van der Waals surface area contributed by atoms with Gasteiger partial charge in [-0.15, -0.1) is 0 Å². The monoisotopic (exact) mass is 316 g/mol. The van der Waals surface area contributed by atoms with Gasteiger partial charge in [0.2, 0.25) is 15.9 Å². The summed E-state index contributed by atoms with van der Waals surface area (Å²) in [6.45, 7) is 5.53. The normalized spacial score (nSPS) is 17.8. The van der Waals surface area contributed by atoms with Crippen LogP contribution in [-0.2, 0) is 14.8 Å². The molecule has 1 aromatic rings. The van der Waals surface area contributed by atoms with Crippen LogP contribution in [0, 0.1) is 6.92 Å². The minimum Gasteiger partial charge on any atom is -0.360 e. The SMILES string of the molecule is CCS(=O)(=O)N1CCN(CC(=O)Nc2cc(C)on2)CC1. The van der Waals surface area contributed by atoms with Crippen molar-refractivity contribution in [2.75, 3.05) is 43.8 Å². The molecule has 21 heavy (non-hydrogen) atoms. The third-order valence-electron chi connectivity index (χ3n) is 3.35. The molecular weight excluding hydrogens is 296 g/mol. The number of nitrogens with one attached hydrogen (secondary N) is 1. The van der Waals surface area contributed by atoms with Crippen LogP contribution in [0.1, 0.15) is 12.7 Å². The van der Waals surface area contributed by atoms with E-state index in [0.717, 1.165) is 0 Å². The fourth-order valence-corrected chi connectivity index (χ4v) is 3.24. The molecule has 2 rings (SSSR count). The zero-order valence-corrected chi connectivity index (χ0v) is 13.0. The smallest absolute Gasteiger partial charge is 0.239 e. The van der Waals surface area contributed by atoms with Crippen LogP contribution in [0.2, 0.25) is 0 Å². The zero-order valence-electron chi connectivity index (χ0n) is 12.2. The van der Waals surface area contributed by atoms with Gasteiger partial charge in [0.25, 0.3) is 0 Å². The molecule has 9 heteroatoms. The lowest BCUT2D eigenvalue weighted by Crippen LogP contribution is -2.50. The van der Waals surface area contributed by atoms with Crippen molar-refractivity contribution in [2.45, 2.75) is 13.8 Å². The summed E-state index contributed by atoms with van der Waals surface area (Å²) in [5.41, 5.74) is 0. The summed E-state index contributed by atoms with van der Waals surface area (Å²) in [7, 11) is -3.14. The predicted molar refractivity (Wildman–Crippen MR) is 77.3 cm³/mol. The molecule has 0 unspecified atom stereocenters.